The molecule has 3 N–H and O–H groups in total. The van der Waals surface area contributed by atoms with Crippen LogP contribution in [0.25, 0.3) is 16.7 Å². The fraction of sp³-hybridized carbons (Fsp3) is 0.182. The van der Waals surface area contributed by atoms with Crippen molar-refractivity contribution in [1.82, 2.24) is 30.2 Å². The van der Waals surface area contributed by atoms with Crippen molar-refractivity contribution in [2.75, 3.05) is 0 Å². The number of nitrogens with one attached hydrogen (secondary N) is 2. The van der Waals surface area contributed by atoms with Gasteiger partial charge in [0.2, 0.25) is 0 Å². The number of carbonyl (C=O) groups is 2. The van der Waals surface area contributed by atoms with Gasteiger partial charge in [-0.3, -0.25) is 20.4 Å². The zero-order valence-corrected chi connectivity index (χ0v) is 17.7. The molecule has 9 nitrogen and oxygen atoms in total. The third-order valence-electron chi connectivity index (χ3n) is 5.05. The monoisotopic (exact) mass is 454 g/mol. The Morgan fingerprint density at radius 3 is 2.45 bits per heavy atom. The lowest BCUT2D eigenvalue weighted by Gasteiger charge is -2.22. The van der Waals surface area contributed by atoms with Crippen molar-refractivity contribution >= 4 is 22.8 Å². The van der Waals surface area contributed by atoms with E-state index in [1.807, 2.05) is 6.07 Å². The molecule has 2 amide bonds. The van der Waals surface area contributed by atoms with Gasteiger partial charge < -0.3 is 9.67 Å². The van der Waals surface area contributed by atoms with E-state index in [9.17, 15) is 23.5 Å². The van der Waals surface area contributed by atoms with E-state index in [2.05, 4.69) is 20.9 Å². The van der Waals surface area contributed by atoms with E-state index in [0.717, 1.165) is 12.1 Å². The fourth-order valence-corrected chi connectivity index (χ4v) is 3.49. The molecule has 4 rings (SSSR count). The van der Waals surface area contributed by atoms with Gasteiger partial charge in [-0.05, 0) is 18.1 Å². The molecular formula is C22H20F2N6O3. The largest absolute Gasteiger partial charge is 0.504 e. The van der Waals surface area contributed by atoms with Gasteiger partial charge in [-0.1, -0.05) is 32.0 Å². The van der Waals surface area contributed by atoms with Gasteiger partial charge in [0.05, 0.1) is 29.2 Å². The van der Waals surface area contributed by atoms with Crippen LogP contribution in [-0.2, 0) is 4.79 Å². The van der Waals surface area contributed by atoms with Gasteiger partial charge in [0.25, 0.3) is 11.8 Å². The van der Waals surface area contributed by atoms with Crippen LogP contribution in [0.2, 0.25) is 0 Å². The van der Waals surface area contributed by atoms with Crippen LogP contribution in [0, 0.1) is 17.6 Å². The van der Waals surface area contributed by atoms with Crippen molar-refractivity contribution < 1.29 is 23.5 Å². The molecule has 2 aromatic heterocycles. The Balaban J connectivity index is 1.52. The van der Waals surface area contributed by atoms with Crippen molar-refractivity contribution in [2.24, 2.45) is 5.92 Å². The van der Waals surface area contributed by atoms with Gasteiger partial charge in [-0.2, -0.15) is 5.10 Å². The van der Waals surface area contributed by atoms with E-state index >= 15 is 0 Å². The standard InChI is InChI=1S/C22H20F2N6O3/c1-12(2)20(29-11-25-16-8-14(23)15(24)9-17(16)29)22(33)27-26-21(32)19-18(31)10-30(28-19)13-6-4-3-5-7-13/h3-12,20,31H,1-2H3,(H,26,32)(H,27,33). The number of aromatic hydroxyl groups is 1. The Kier molecular flexibility index (Phi) is 5.78. The third kappa shape index (κ3) is 4.25. The summed E-state index contributed by atoms with van der Waals surface area (Å²) in [5.74, 6) is -4.22. The number of benzene rings is 2. The molecule has 11 heteroatoms. The second-order valence-corrected chi connectivity index (χ2v) is 7.68. The lowest BCUT2D eigenvalue weighted by molar-refractivity contribution is -0.126. The summed E-state index contributed by atoms with van der Waals surface area (Å²) < 4.78 is 30.0. The summed E-state index contributed by atoms with van der Waals surface area (Å²) in [7, 11) is 0. The number of fused-ring (bicyclic) bond motifs is 1. The first kappa shape index (κ1) is 21.9. The number of hydrogen-bond donors (Lipinski definition) is 3. The molecule has 170 valence electrons. The molecule has 2 heterocycles. The predicted molar refractivity (Wildman–Crippen MR) is 114 cm³/mol. The summed E-state index contributed by atoms with van der Waals surface area (Å²) >= 11 is 0. The molecule has 0 aliphatic heterocycles. The molecule has 0 saturated carbocycles. The molecule has 0 saturated heterocycles. The Morgan fingerprint density at radius 2 is 1.76 bits per heavy atom. The molecule has 0 bridgehead atoms. The van der Waals surface area contributed by atoms with Crippen LogP contribution in [0.4, 0.5) is 8.78 Å². The molecule has 0 aliphatic rings. The van der Waals surface area contributed by atoms with Crippen molar-refractivity contribution in [3.63, 3.8) is 0 Å². The molecule has 4 aromatic rings. The molecule has 2 aromatic carbocycles. The summed E-state index contributed by atoms with van der Waals surface area (Å²) in [6.07, 6.45) is 2.58. The van der Waals surface area contributed by atoms with Crippen LogP contribution in [0.5, 0.6) is 5.75 Å². The minimum atomic E-state index is -1.06. The zero-order chi connectivity index (χ0) is 23.7. The molecule has 33 heavy (non-hydrogen) atoms. The number of carbonyl (C=O) groups excluding carboxylic acids is 2. The minimum absolute atomic E-state index is 0.188. The van der Waals surface area contributed by atoms with Crippen molar-refractivity contribution in [3.8, 4) is 11.4 Å². The second kappa shape index (κ2) is 8.69. The number of halogens is 2. The molecule has 0 aliphatic carbocycles. The summed E-state index contributed by atoms with van der Waals surface area (Å²) in [6.45, 7) is 3.51. The Morgan fingerprint density at radius 1 is 1.06 bits per heavy atom. The maximum atomic E-state index is 13.8. The first-order valence-electron chi connectivity index (χ1n) is 10.0. The van der Waals surface area contributed by atoms with Gasteiger partial charge in [0, 0.05) is 12.1 Å². The quantitative estimate of drug-likeness (QED) is 0.401. The van der Waals surface area contributed by atoms with E-state index < -0.39 is 29.5 Å². The van der Waals surface area contributed by atoms with E-state index in [-0.39, 0.29) is 28.4 Å². The van der Waals surface area contributed by atoms with Crippen LogP contribution in [0.15, 0.2) is 55.0 Å². The number of imidazole rings is 1. The lowest BCUT2D eigenvalue weighted by Crippen LogP contribution is -2.46. The molecule has 1 unspecified atom stereocenters. The Hall–Kier alpha value is -4.28. The summed E-state index contributed by atoms with van der Waals surface area (Å²) in [6, 6.07) is 9.88. The van der Waals surface area contributed by atoms with Crippen LogP contribution in [0.1, 0.15) is 30.4 Å². The van der Waals surface area contributed by atoms with Gasteiger partial charge in [-0.25, -0.2) is 18.4 Å². The highest BCUT2D eigenvalue weighted by atomic mass is 19.2. The number of hydrogen-bond acceptors (Lipinski definition) is 5. The molecule has 0 radical (unpaired) electrons. The Bertz CT molecular complexity index is 1330. The van der Waals surface area contributed by atoms with E-state index in [4.69, 9.17) is 0 Å². The number of aromatic nitrogens is 4. The summed E-state index contributed by atoms with van der Waals surface area (Å²) in [5.41, 5.74) is 5.29. The molecular weight excluding hydrogens is 434 g/mol. The van der Waals surface area contributed by atoms with Crippen LogP contribution < -0.4 is 10.9 Å². The van der Waals surface area contributed by atoms with Gasteiger partial charge >= 0.3 is 0 Å². The van der Waals surface area contributed by atoms with Gasteiger partial charge in [0.15, 0.2) is 23.1 Å². The van der Waals surface area contributed by atoms with Gasteiger partial charge in [-0.15, -0.1) is 0 Å². The number of hydrazine groups is 1. The van der Waals surface area contributed by atoms with Crippen LogP contribution in [-0.4, -0.2) is 36.3 Å². The molecule has 1 atom stereocenters. The average molecular weight is 454 g/mol. The van der Waals surface area contributed by atoms with Crippen LogP contribution >= 0.6 is 0 Å². The molecule has 0 fully saturated rings. The number of amides is 2. The van der Waals surface area contributed by atoms with Crippen molar-refractivity contribution in [3.05, 3.63) is 72.3 Å². The van der Waals surface area contributed by atoms with Gasteiger partial charge in [0.1, 0.15) is 6.04 Å². The molecule has 0 spiro atoms. The number of para-hydroxylation sites is 1. The summed E-state index contributed by atoms with van der Waals surface area (Å²) in [5, 5.41) is 14.2. The Labute approximate surface area is 186 Å². The fourth-order valence-electron chi connectivity index (χ4n) is 3.49. The normalized spacial score (nSPS) is 12.2. The highest BCUT2D eigenvalue weighted by Gasteiger charge is 2.27. The number of rotatable bonds is 5. The third-order valence-corrected chi connectivity index (χ3v) is 5.05. The first-order chi connectivity index (χ1) is 15.8. The van der Waals surface area contributed by atoms with Crippen molar-refractivity contribution in [2.45, 2.75) is 19.9 Å². The predicted octanol–water partition coefficient (Wildman–Crippen LogP) is 2.86. The first-order valence-corrected chi connectivity index (χ1v) is 10.0. The average Bonchev–Trinajstić information content (AvgIpc) is 3.36. The minimum Gasteiger partial charge on any atom is -0.504 e. The topological polar surface area (TPSA) is 114 Å². The maximum absolute atomic E-state index is 13.8. The van der Waals surface area contributed by atoms with E-state index in [1.54, 1.807) is 38.1 Å². The SMILES string of the molecule is CC(C)C(C(=O)NNC(=O)c1nn(-c2ccccc2)cc1O)n1cnc2cc(F)c(F)cc21. The maximum Gasteiger partial charge on any atom is 0.294 e. The highest BCUT2D eigenvalue weighted by molar-refractivity contribution is 5.96. The zero-order valence-electron chi connectivity index (χ0n) is 17.7. The highest BCUT2D eigenvalue weighted by Crippen LogP contribution is 2.25. The summed E-state index contributed by atoms with van der Waals surface area (Å²) in [4.78, 5) is 29.4. The second-order valence-electron chi connectivity index (χ2n) is 7.68. The smallest absolute Gasteiger partial charge is 0.294 e. The van der Waals surface area contributed by atoms with E-state index in [0.29, 0.717) is 5.69 Å². The number of nitrogens with zero attached hydrogens (tertiary/aromatic N) is 4. The lowest BCUT2D eigenvalue weighted by atomic mass is 10.0. The van der Waals surface area contributed by atoms with Crippen molar-refractivity contribution in [1.29, 1.82) is 0 Å². The van der Waals surface area contributed by atoms with Crippen LogP contribution in [0.3, 0.4) is 0 Å². The van der Waals surface area contributed by atoms with E-state index in [1.165, 1.54) is 21.8 Å².